The first kappa shape index (κ1) is 16.3. The van der Waals surface area contributed by atoms with Gasteiger partial charge >= 0.3 is 0 Å². The van der Waals surface area contributed by atoms with Crippen LogP contribution in [-0.4, -0.2) is 23.4 Å². The molecule has 0 aliphatic rings. The lowest BCUT2D eigenvalue weighted by Gasteiger charge is -2.10. The van der Waals surface area contributed by atoms with Crippen LogP contribution in [0.1, 0.15) is 26.4 Å². The van der Waals surface area contributed by atoms with Crippen LogP contribution in [0.5, 0.6) is 5.75 Å². The summed E-state index contributed by atoms with van der Waals surface area (Å²) in [7, 11) is 0. The van der Waals surface area contributed by atoms with Gasteiger partial charge in [-0.1, -0.05) is 29.8 Å². The van der Waals surface area contributed by atoms with E-state index in [1.165, 1.54) is 4.57 Å². The molecule has 1 aromatic heterocycles. The molecule has 0 saturated carbocycles. The number of rotatable bonds is 4. The molecule has 3 rings (SSSR count). The summed E-state index contributed by atoms with van der Waals surface area (Å²) < 4.78 is 7.12. The lowest BCUT2D eigenvalue weighted by molar-refractivity contribution is 0.0841. The van der Waals surface area contributed by atoms with Gasteiger partial charge in [0.2, 0.25) is 0 Å². The molecule has 122 valence electrons. The van der Waals surface area contributed by atoms with Crippen molar-refractivity contribution in [2.75, 3.05) is 6.61 Å². The predicted molar refractivity (Wildman–Crippen MR) is 94.4 cm³/mol. The number of aromatic nitrogens is 1. The average Bonchev–Trinajstić information content (AvgIpc) is 2.87. The Bertz CT molecular complexity index is 943. The lowest BCUT2D eigenvalue weighted by atomic mass is 10.1. The third-order valence-corrected chi connectivity index (χ3v) is 4.44. The van der Waals surface area contributed by atoms with Crippen molar-refractivity contribution in [3.63, 3.8) is 0 Å². The van der Waals surface area contributed by atoms with E-state index in [1.807, 2.05) is 31.2 Å². The summed E-state index contributed by atoms with van der Waals surface area (Å²) in [5, 5.41) is 1.41. The van der Waals surface area contributed by atoms with E-state index in [2.05, 4.69) is 0 Å². The zero-order valence-corrected chi connectivity index (χ0v) is 14.1. The van der Waals surface area contributed by atoms with Crippen molar-refractivity contribution in [3.8, 4) is 5.75 Å². The second-order valence-electron chi connectivity index (χ2n) is 5.56. The van der Waals surface area contributed by atoms with Gasteiger partial charge in [0.05, 0.1) is 5.52 Å². The first-order chi connectivity index (χ1) is 11.5. The number of halogens is 1. The minimum atomic E-state index is -0.232. The highest BCUT2D eigenvalue weighted by atomic mass is 35.5. The molecular weight excluding hydrogens is 326 g/mol. The smallest absolute Gasteiger partial charge is 0.269 e. The van der Waals surface area contributed by atoms with Crippen LogP contribution in [0.3, 0.4) is 0 Å². The summed E-state index contributed by atoms with van der Waals surface area (Å²) in [4.78, 5) is 24.0. The van der Waals surface area contributed by atoms with Gasteiger partial charge in [-0.25, -0.2) is 0 Å². The number of carbonyl (C=O) groups is 2. The number of carbonyl (C=O) groups excluding carboxylic acids is 2. The summed E-state index contributed by atoms with van der Waals surface area (Å²) in [6.45, 7) is 3.50. The van der Waals surface area contributed by atoms with Crippen molar-refractivity contribution in [1.82, 2.24) is 4.57 Å². The van der Waals surface area contributed by atoms with Crippen molar-refractivity contribution in [2.45, 2.75) is 13.8 Å². The van der Waals surface area contributed by atoms with E-state index in [0.29, 0.717) is 27.5 Å². The van der Waals surface area contributed by atoms with Crippen LogP contribution < -0.4 is 4.74 Å². The first-order valence-electron chi connectivity index (χ1n) is 7.50. The molecule has 0 aliphatic carbocycles. The third-order valence-electron chi connectivity index (χ3n) is 4.02. The number of benzene rings is 2. The van der Waals surface area contributed by atoms with Crippen LogP contribution in [0.4, 0.5) is 0 Å². The molecule has 4 nitrogen and oxygen atoms in total. The standard InChI is InChI=1S/C19H16ClNO3/c1-12-9-14(7-8-17(12)20)24-11-19(23)21-13(2)16(10-22)15-5-3-4-6-18(15)21/h3-10H,11H2,1-2H3. The Kier molecular flexibility index (Phi) is 4.40. The Balaban J connectivity index is 1.90. The quantitative estimate of drug-likeness (QED) is 0.659. The molecule has 3 aromatic rings. The second kappa shape index (κ2) is 6.49. The Morgan fingerprint density at radius 1 is 1.21 bits per heavy atom. The molecule has 0 bridgehead atoms. The predicted octanol–water partition coefficient (Wildman–Crippen LogP) is 4.44. The van der Waals surface area contributed by atoms with Crippen LogP contribution >= 0.6 is 11.6 Å². The van der Waals surface area contributed by atoms with Crippen LogP contribution in [0.15, 0.2) is 42.5 Å². The Morgan fingerprint density at radius 2 is 1.96 bits per heavy atom. The minimum Gasteiger partial charge on any atom is -0.484 e. The summed E-state index contributed by atoms with van der Waals surface area (Å²) in [5.74, 6) is 0.347. The molecule has 0 radical (unpaired) electrons. The highest BCUT2D eigenvalue weighted by Gasteiger charge is 2.18. The fraction of sp³-hybridized carbons (Fsp3) is 0.158. The highest BCUT2D eigenvalue weighted by molar-refractivity contribution is 6.31. The molecule has 0 spiro atoms. The van der Waals surface area contributed by atoms with Crippen LogP contribution in [0.2, 0.25) is 5.02 Å². The fourth-order valence-electron chi connectivity index (χ4n) is 2.78. The number of aldehydes is 1. The van der Waals surface area contributed by atoms with Crippen LogP contribution in [-0.2, 0) is 0 Å². The van der Waals surface area contributed by atoms with E-state index in [4.69, 9.17) is 16.3 Å². The van der Waals surface area contributed by atoms with E-state index in [1.54, 1.807) is 25.1 Å². The van der Waals surface area contributed by atoms with Gasteiger partial charge in [-0.15, -0.1) is 0 Å². The monoisotopic (exact) mass is 341 g/mol. The van der Waals surface area contributed by atoms with Crippen molar-refractivity contribution in [1.29, 1.82) is 0 Å². The Labute approximate surface area is 144 Å². The molecule has 0 aliphatic heterocycles. The van der Waals surface area contributed by atoms with E-state index in [9.17, 15) is 9.59 Å². The summed E-state index contributed by atoms with van der Waals surface area (Å²) in [6.07, 6.45) is 0.783. The fourth-order valence-corrected chi connectivity index (χ4v) is 2.90. The number of ether oxygens (including phenoxy) is 1. The maximum absolute atomic E-state index is 12.6. The van der Waals surface area contributed by atoms with E-state index in [0.717, 1.165) is 17.2 Å². The summed E-state index contributed by atoms with van der Waals surface area (Å²) in [6, 6.07) is 12.6. The number of para-hydroxylation sites is 1. The first-order valence-corrected chi connectivity index (χ1v) is 7.88. The Hall–Kier alpha value is -2.59. The largest absolute Gasteiger partial charge is 0.484 e. The van der Waals surface area contributed by atoms with Gasteiger partial charge in [0.15, 0.2) is 12.9 Å². The number of aryl methyl sites for hydroxylation is 1. The minimum absolute atomic E-state index is 0.126. The molecule has 0 saturated heterocycles. The molecule has 0 N–H and O–H groups in total. The van der Waals surface area contributed by atoms with Gasteiger partial charge in [-0.05, 0) is 43.7 Å². The highest BCUT2D eigenvalue weighted by Crippen LogP contribution is 2.25. The molecule has 0 amide bonds. The Morgan fingerprint density at radius 3 is 2.67 bits per heavy atom. The van der Waals surface area contributed by atoms with Gasteiger partial charge in [0.1, 0.15) is 5.75 Å². The number of hydrogen-bond acceptors (Lipinski definition) is 3. The molecule has 0 fully saturated rings. The molecule has 0 unspecified atom stereocenters. The molecular formula is C19H16ClNO3. The van der Waals surface area contributed by atoms with Gasteiger partial charge in [0, 0.05) is 21.7 Å². The SMILES string of the molecule is Cc1cc(OCC(=O)n2c(C)c(C=O)c3ccccc32)ccc1Cl. The van der Waals surface area contributed by atoms with Crippen molar-refractivity contribution >= 4 is 34.7 Å². The van der Waals surface area contributed by atoms with Crippen molar-refractivity contribution < 1.29 is 14.3 Å². The lowest BCUT2D eigenvalue weighted by Crippen LogP contribution is -2.20. The molecule has 24 heavy (non-hydrogen) atoms. The molecule has 5 heteroatoms. The van der Waals surface area contributed by atoms with Crippen LogP contribution in [0.25, 0.3) is 10.9 Å². The molecule has 0 atom stereocenters. The summed E-state index contributed by atoms with van der Waals surface area (Å²) in [5.41, 5.74) is 2.74. The normalized spacial score (nSPS) is 10.8. The second-order valence-corrected chi connectivity index (χ2v) is 5.97. The van der Waals surface area contributed by atoms with Crippen LogP contribution in [0, 0.1) is 13.8 Å². The van der Waals surface area contributed by atoms with Gasteiger partial charge < -0.3 is 4.74 Å². The van der Waals surface area contributed by atoms with E-state index >= 15 is 0 Å². The molecule has 1 heterocycles. The summed E-state index contributed by atoms with van der Waals surface area (Å²) >= 11 is 5.98. The average molecular weight is 342 g/mol. The zero-order valence-electron chi connectivity index (χ0n) is 13.4. The third kappa shape index (κ3) is 2.81. The maximum atomic E-state index is 12.6. The number of nitrogens with zero attached hydrogens (tertiary/aromatic N) is 1. The topological polar surface area (TPSA) is 48.3 Å². The van der Waals surface area contributed by atoms with Crippen molar-refractivity contribution in [2.24, 2.45) is 0 Å². The van der Waals surface area contributed by atoms with Crippen molar-refractivity contribution in [3.05, 3.63) is 64.3 Å². The van der Waals surface area contributed by atoms with E-state index in [-0.39, 0.29) is 12.5 Å². The number of fused-ring (bicyclic) bond motifs is 1. The maximum Gasteiger partial charge on any atom is 0.269 e. The van der Waals surface area contributed by atoms with Gasteiger partial charge in [-0.3, -0.25) is 14.2 Å². The van der Waals surface area contributed by atoms with E-state index < -0.39 is 0 Å². The van der Waals surface area contributed by atoms with Gasteiger partial charge in [-0.2, -0.15) is 0 Å². The molecule has 2 aromatic carbocycles. The van der Waals surface area contributed by atoms with Gasteiger partial charge in [0.25, 0.3) is 5.91 Å². The zero-order chi connectivity index (χ0) is 17.3. The number of hydrogen-bond donors (Lipinski definition) is 0.